The molecule has 0 unspecified atom stereocenters. The molecule has 1 aromatic rings. The summed E-state index contributed by atoms with van der Waals surface area (Å²) in [5, 5.41) is 7.82. The minimum Gasteiger partial charge on any atom is -0.478 e. The van der Waals surface area contributed by atoms with Crippen molar-refractivity contribution in [2.24, 2.45) is 0 Å². The van der Waals surface area contributed by atoms with Gasteiger partial charge in [-0.3, -0.25) is 0 Å². The van der Waals surface area contributed by atoms with Crippen LogP contribution in [0.3, 0.4) is 0 Å². The monoisotopic (exact) mass is 366 g/mol. The summed E-state index contributed by atoms with van der Waals surface area (Å²) in [7, 11) is -7.88. The maximum absolute atomic E-state index is 12.8. The lowest BCUT2D eigenvalue weighted by Crippen LogP contribution is -2.21. The third-order valence-electron chi connectivity index (χ3n) is 3.72. The Bertz CT molecular complexity index is 820. The predicted molar refractivity (Wildman–Crippen MR) is 81.0 cm³/mol. The molecule has 0 radical (unpaired) electrons. The highest BCUT2D eigenvalue weighted by atomic mass is 35.5. The fourth-order valence-electron chi connectivity index (χ4n) is 2.63. The fraction of sp³-hybridized carbons (Fsp3) is 0.462. The summed E-state index contributed by atoms with van der Waals surface area (Å²) in [6.45, 7) is 0. The number of carboxylic acids is 1. The second-order valence-electron chi connectivity index (χ2n) is 5.28. The molecular weight excluding hydrogens is 352 g/mol. The number of carbonyl (C=O) groups is 1. The molecule has 1 saturated carbocycles. The van der Waals surface area contributed by atoms with Gasteiger partial charge >= 0.3 is 5.97 Å². The molecule has 1 N–H and O–H groups in total. The molecule has 1 aromatic carbocycles. The van der Waals surface area contributed by atoms with Gasteiger partial charge in [-0.05, 0) is 25.0 Å². The molecule has 1 aliphatic rings. The zero-order chi connectivity index (χ0) is 16.7. The summed E-state index contributed by atoms with van der Waals surface area (Å²) in [4.78, 5) is 10.1. The van der Waals surface area contributed by atoms with E-state index in [2.05, 4.69) is 0 Å². The molecule has 0 atom stereocenters. The molecule has 1 aliphatic carbocycles. The lowest BCUT2D eigenvalue weighted by molar-refractivity contribution is 0.0696. The molecule has 0 aromatic heterocycles. The summed E-state index contributed by atoms with van der Waals surface area (Å²) in [5.41, 5.74) is -0.425. The van der Waals surface area contributed by atoms with Crippen LogP contribution in [-0.2, 0) is 19.7 Å². The van der Waals surface area contributed by atoms with Crippen molar-refractivity contribution in [1.29, 1.82) is 0 Å². The molecular formula is C13H15ClO6S2. The van der Waals surface area contributed by atoms with Gasteiger partial charge in [0.15, 0.2) is 19.7 Å². The maximum Gasteiger partial charge on any atom is 0.337 e. The average Bonchev–Trinajstić information content (AvgIpc) is 2.90. The van der Waals surface area contributed by atoms with Crippen molar-refractivity contribution in [2.45, 2.75) is 40.7 Å². The molecule has 0 bridgehead atoms. The van der Waals surface area contributed by atoms with E-state index in [0.29, 0.717) is 12.8 Å². The van der Waals surface area contributed by atoms with Crippen molar-refractivity contribution in [3.63, 3.8) is 0 Å². The Labute approximate surface area is 133 Å². The highest BCUT2D eigenvalue weighted by Crippen LogP contribution is 2.38. The summed E-state index contributed by atoms with van der Waals surface area (Å²) in [5.74, 6) is -1.41. The van der Waals surface area contributed by atoms with E-state index in [1.807, 2.05) is 0 Å². The summed E-state index contributed by atoms with van der Waals surface area (Å²) in [6, 6.07) is 2.00. The van der Waals surface area contributed by atoms with Crippen molar-refractivity contribution >= 4 is 37.2 Å². The van der Waals surface area contributed by atoms with E-state index in [1.165, 1.54) is 0 Å². The largest absolute Gasteiger partial charge is 0.478 e. The predicted octanol–water partition coefficient (Wildman–Crippen LogP) is 2.16. The van der Waals surface area contributed by atoms with Gasteiger partial charge in [0.1, 0.15) is 4.90 Å². The van der Waals surface area contributed by atoms with Crippen LogP contribution in [0, 0.1) is 0 Å². The van der Waals surface area contributed by atoms with Crippen molar-refractivity contribution in [3.05, 3.63) is 22.7 Å². The number of carboxylic acid groups (broad SMARTS) is 1. The Hall–Kier alpha value is -1.12. The van der Waals surface area contributed by atoms with Crippen molar-refractivity contribution in [1.82, 2.24) is 0 Å². The maximum atomic E-state index is 12.8. The van der Waals surface area contributed by atoms with E-state index in [-0.39, 0.29) is 0 Å². The molecule has 1 fully saturated rings. The topological polar surface area (TPSA) is 106 Å². The number of aromatic carboxylic acids is 1. The van der Waals surface area contributed by atoms with E-state index in [9.17, 15) is 21.6 Å². The first-order valence-electron chi connectivity index (χ1n) is 6.56. The lowest BCUT2D eigenvalue weighted by atomic mass is 10.2. The van der Waals surface area contributed by atoms with Crippen LogP contribution in [0.4, 0.5) is 0 Å². The highest BCUT2D eigenvalue weighted by molar-refractivity contribution is 7.94. The van der Waals surface area contributed by atoms with Gasteiger partial charge in [0.05, 0.1) is 20.7 Å². The number of sulfone groups is 2. The molecule has 0 amide bonds. The lowest BCUT2D eigenvalue weighted by Gasteiger charge is -2.16. The summed E-state index contributed by atoms with van der Waals surface area (Å²) in [6.07, 6.45) is 3.16. The standard InChI is InChI=1S/C13H15ClO6S2/c1-21(17,18)10-7-6-9(13(15)16)11(14)12(10)22(19,20)8-4-2-3-5-8/h6-8H,2-5H2,1H3,(H,15,16). The minimum absolute atomic E-state index is 0.416. The third kappa shape index (κ3) is 3.00. The first-order valence-corrected chi connectivity index (χ1v) is 10.4. The molecule has 0 saturated heterocycles. The SMILES string of the molecule is CS(=O)(=O)c1ccc(C(=O)O)c(Cl)c1S(=O)(=O)C1CCCC1. The Morgan fingerprint density at radius 3 is 2.18 bits per heavy atom. The van der Waals surface area contributed by atoms with Crippen LogP contribution in [0.5, 0.6) is 0 Å². The van der Waals surface area contributed by atoms with E-state index in [4.69, 9.17) is 16.7 Å². The third-order valence-corrected chi connectivity index (χ3v) is 7.83. The van der Waals surface area contributed by atoms with E-state index >= 15 is 0 Å². The van der Waals surface area contributed by atoms with Gasteiger partial charge < -0.3 is 5.11 Å². The average molecular weight is 367 g/mol. The van der Waals surface area contributed by atoms with Crippen molar-refractivity contribution in [3.8, 4) is 0 Å². The summed E-state index contributed by atoms with van der Waals surface area (Å²) >= 11 is 5.95. The van der Waals surface area contributed by atoms with Crippen LogP contribution in [0.15, 0.2) is 21.9 Å². The number of benzene rings is 1. The van der Waals surface area contributed by atoms with Gasteiger partial charge in [-0.2, -0.15) is 0 Å². The van der Waals surface area contributed by atoms with E-state index in [1.54, 1.807) is 0 Å². The van der Waals surface area contributed by atoms with Gasteiger partial charge in [-0.25, -0.2) is 21.6 Å². The fourth-order valence-corrected chi connectivity index (χ4v) is 6.80. The summed E-state index contributed by atoms with van der Waals surface area (Å²) < 4.78 is 49.3. The normalized spacial score (nSPS) is 16.8. The van der Waals surface area contributed by atoms with Crippen LogP contribution in [0.25, 0.3) is 0 Å². The second-order valence-corrected chi connectivity index (χ2v) is 9.81. The van der Waals surface area contributed by atoms with Crippen LogP contribution in [-0.4, -0.2) is 39.4 Å². The number of rotatable bonds is 4. The molecule has 122 valence electrons. The molecule has 0 heterocycles. The Morgan fingerprint density at radius 1 is 1.18 bits per heavy atom. The van der Waals surface area contributed by atoms with Crippen LogP contribution in [0.2, 0.25) is 5.02 Å². The van der Waals surface area contributed by atoms with Crippen molar-refractivity contribution < 1.29 is 26.7 Å². The number of halogens is 1. The zero-order valence-electron chi connectivity index (χ0n) is 11.7. The van der Waals surface area contributed by atoms with E-state index < -0.39 is 51.3 Å². The molecule has 22 heavy (non-hydrogen) atoms. The molecule has 0 aliphatic heterocycles. The molecule has 9 heteroatoms. The van der Waals surface area contributed by atoms with Gasteiger partial charge in [-0.1, -0.05) is 24.4 Å². The minimum atomic E-state index is -4.01. The van der Waals surface area contributed by atoms with Crippen LogP contribution >= 0.6 is 11.6 Å². The van der Waals surface area contributed by atoms with Gasteiger partial charge in [0.2, 0.25) is 0 Å². The number of hydrogen-bond acceptors (Lipinski definition) is 5. The van der Waals surface area contributed by atoms with Gasteiger partial charge in [0, 0.05) is 6.26 Å². The van der Waals surface area contributed by atoms with Crippen LogP contribution in [0.1, 0.15) is 36.0 Å². The first-order chi connectivity index (χ1) is 10.1. The smallest absolute Gasteiger partial charge is 0.337 e. The molecule has 6 nitrogen and oxygen atoms in total. The Kier molecular flexibility index (Phi) is 4.56. The zero-order valence-corrected chi connectivity index (χ0v) is 14.1. The first kappa shape index (κ1) is 17.2. The quantitative estimate of drug-likeness (QED) is 0.875. The highest BCUT2D eigenvalue weighted by Gasteiger charge is 2.37. The van der Waals surface area contributed by atoms with E-state index in [0.717, 1.165) is 31.2 Å². The van der Waals surface area contributed by atoms with Crippen LogP contribution < -0.4 is 0 Å². The molecule has 0 spiro atoms. The van der Waals surface area contributed by atoms with Gasteiger partial charge in [-0.15, -0.1) is 0 Å². The Morgan fingerprint density at radius 2 is 1.73 bits per heavy atom. The van der Waals surface area contributed by atoms with Crippen molar-refractivity contribution in [2.75, 3.05) is 6.26 Å². The molecule has 2 rings (SSSR count). The number of hydrogen-bond donors (Lipinski definition) is 1. The van der Waals surface area contributed by atoms with Gasteiger partial charge in [0.25, 0.3) is 0 Å². The second kappa shape index (κ2) is 5.82. The Balaban J connectivity index is 2.81.